The van der Waals surface area contributed by atoms with Gasteiger partial charge in [0.2, 0.25) is 5.91 Å². The van der Waals surface area contributed by atoms with E-state index in [1.807, 2.05) is 0 Å². The monoisotopic (exact) mass is 204 g/mol. The average Bonchev–Trinajstić information content (AvgIpc) is 2.04. The third kappa shape index (κ3) is 3.44. The Labute approximate surface area is 80.5 Å². The van der Waals surface area contributed by atoms with Gasteiger partial charge in [0, 0.05) is 22.1 Å². The maximum atomic E-state index is 11.5. The highest BCUT2D eigenvalue weighted by Crippen LogP contribution is 2.21. The quantitative estimate of drug-likeness (QED) is 0.649. The van der Waals surface area contributed by atoms with Gasteiger partial charge in [-0.15, -0.1) is 0 Å². The van der Waals surface area contributed by atoms with Crippen molar-refractivity contribution in [2.45, 2.75) is 37.0 Å². The summed E-state index contributed by atoms with van der Waals surface area (Å²) in [6.07, 6.45) is 3.55. The van der Waals surface area contributed by atoms with Crippen LogP contribution in [0.5, 0.6) is 0 Å². The first kappa shape index (κ1) is 10.7. The lowest BCUT2D eigenvalue weighted by Crippen LogP contribution is -2.33. The lowest BCUT2D eigenvalue weighted by Gasteiger charge is -2.24. The van der Waals surface area contributed by atoms with Crippen molar-refractivity contribution in [3.05, 3.63) is 0 Å². The molecule has 0 spiro atoms. The van der Waals surface area contributed by atoms with Crippen molar-refractivity contribution in [1.82, 2.24) is 0 Å². The number of carbonyl (C=O) groups excluding carboxylic acids is 1. The molecule has 1 aliphatic carbocycles. The first-order chi connectivity index (χ1) is 6.09. The van der Waals surface area contributed by atoms with Crippen molar-refractivity contribution >= 4 is 16.7 Å². The zero-order valence-electron chi connectivity index (χ0n) is 7.57. The minimum Gasteiger partial charge on any atom is -0.369 e. The molecule has 4 N–H and O–H groups in total. The molecule has 1 unspecified atom stereocenters. The molecule has 0 aromatic rings. The molecule has 0 aromatic carbocycles. The summed E-state index contributed by atoms with van der Waals surface area (Å²) in [5.41, 5.74) is 10.7. The molecule has 76 valence electrons. The predicted molar refractivity (Wildman–Crippen MR) is 52.4 cm³/mol. The van der Waals surface area contributed by atoms with Gasteiger partial charge in [-0.25, -0.2) is 0 Å². The molecule has 0 bridgehead atoms. The summed E-state index contributed by atoms with van der Waals surface area (Å²) in [4.78, 5) is 10.5. The van der Waals surface area contributed by atoms with E-state index >= 15 is 0 Å². The molecule has 0 aliphatic heterocycles. The van der Waals surface area contributed by atoms with Crippen molar-refractivity contribution in [3.63, 3.8) is 0 Å². The molecule has 1 rings (SSSR count). The Morgan fingerprint density at radius 1 is 1.31 bits per heavy atom. The molecule has 0 heterocycles. The summed E-state index contributed by atoms with van der Waals surface area (Å²) in [5, 5.41) is 0.132. The van der Waals surface area contributed by atoms with E-state index in [-0.39, 0.29) is 17.0 Å². The van der Waals surface area contributed by atoms with Crippen molar-refractivity contribution < 1.29 is 9.00 Å². The van der Waals surface area contributed by atoms with Gasteiger partial charge >= 0.3 is 0 Å². The van der Waals surface area contributed by atoms with E-state index in [0.29, 0.717) is 0 Å². The van der Waals surface area contributed by atoms with Crippen LogP contribution in [0, 0.1) is 0 Å². The van der Waals surface area contributed by atoms with Crippen LogP contribution in [-0.2, 0) is 15.6 Å². The van der Waals surface area contributed by atoms with Gasteiger partial charge in [-0.05, 0) is 25.7 Å². The second kappa shape index (κ2) is 4.72. The van der Waals surface area contributed by atoms with E-state index < -0.39 is 16.7 Å². The lowest BCUT2D eigenvalue weighted by molar-refractivity contribution is -0.115. The third-order valence-corrected chi connectivity index (χ3v) is 4.16. The fraction of sp³-hybridized carbons (Fsp3) is 0.875. The van der Waals surface area contributed by atoms with E-state index in [4.69, 9.17) is 11.5 Å². The van der Waals surface area contributed by atoms with Crippen molar-refractivity contribution in [1.29, 1.82) is 0 Å². The molecular formula is C8H16N2O2S. The van der Waals surface area contributed by atoms with Crippen LogP contribution in [0.1, 0.15) is 25.7 Å². The van der Waals surface area contributed by atoms with Gasteiger partial charge in [0.05, 0.1) is 0 Å². The molecule has 0 saturated heterocycles. The molecule has 1 amide bonds. The van der Waals surface area contributed by atoms with Crippen LogP contribution in [0.4, 0.5) is 0 Å². The van der Waals surface area contributed by atoms with Crippen LogP contribution in [0.2, 0.25) is 0 Å². The number of rotatable bonds is 3. The number of hydrogen-bond donors (Lipinski definition) is 2. The second-order valence-corrected chi connectivity index (χ2v) is 5.25. The van der Waals surface area contributed by atoms with E-state index in [0.717, 1.165) is 25.7 Å². The van der Waals surface area contributed by atoms with Crippen molar-refractivity contribution in [2.75, 3.05) is 5.75 Å². The summed E-state index contributed by atoms with van der Waals surface area (Å²) in [6, 6.07) is 0.252. The van der Waals surface area contributed by atoms with Gasteiger partial charge in [-0.2, -0.15) is 0 Å². The Morgan fingerprint density at radius 2 is 1.85 bits per heavy atom. The zero-order valence-corrected chi connectivity index (χ0v) is 8.39. The molecule has 1 aliphatic rings. The number of amides is 1. The van der Waals surface area contributed by atoms with E-state index in [9.17, 15) is 9.00 Å². The molecular weight excluding hydrogens is 188 g/mol. The van der Waals surface area contributed by atoms with Gasteiger partial charge in [0.25, 0.3) is 0 Å². The Kier molecular flexibility index (Phi) is 3.87. The Balaban J connectivity index is 2.36. The van der Waals surface area contributed by atoms with Crippen LogP contribution in [0.25, 0.3) is 0 Å². The van der Waals surface area contributed by atoms with Gasteiger partial charge < -0.3 is 11.5 Å². The normalized spacial score (nSPS) is 31.2. The first-order valence-electron chi connectivity index (χ1n) is 4.50. The van der Waals surface area contributed by atoms with Gasteiger partial charge in [-0.3, -0.25) is 9.00 Å². The number of nitrogens with two attached hydrogens (primary N) is 2. The van der Waals surface area contributed by atoms with Crippen LogP contribution in [0.3, 0.4) is 0 Å². The van der Waals surface area contributed by atoms with Gasteiger partial charge in [0.1, 0.15) is 5.75 Å². The SMILES string of the molecule is NC(=O)CS(=O)C1CCC(N)CC1. The fourth-order valence-corrected chi connectivity index (χ4v) is 2.92. The van der Waals surface area contributed by atoms with Crippen LogP contribution >= 0.6 is 0 Å². The van der Waals surface area contributed by atoms with Crippen molar-refractivity contribution in [3.8, 4) is 0 Å². The maximum absolute atomic E-state index is 11.5. The summed E-state index contributed by atoms with van der Waals surface area (Å²) in [6.45, 7) is 0. The summed E-state index contributed by atoms with van der Waals surface area (Å²) >= 11 is 0. The molecule has 1 saturated carbocycles. The molecule has 5 heteroatoms. The summed E-state index contributed by atoms with van der Waals surface area (Å²) < 4.78 is 11.5. The molecule has 0 radical (unpaired) electrons. The standard InChI is InChI=1S/C8H16N2O2S/c9-6-1-3-7(4-2-6)13(12)5-8(10)11/h6-7H,1-5,9H2,(H2,10,11). The second-order valence-electron chi connectivity index (χ2n) is 3.53. The highest BCUT2D eigenvalue weighted by molar-refractivity contribution is 7.86. The van der Waals surface area contributed by atoms with Crippen LogP contribution < -0.4 is 11.5 Å². The fourth-order valence-electron chi connectivity index (χ4n) is 1.61. The smallest absolute Gasteiger partial charge is 0.230 e. The minimum absolute atomic E-state index is 0.0000945. The highest BCUT2D eigenvalue weighted by Gasteiger charge is 2.23. The average molecular weight is 204 g/mol. The third-order valence-electron chi connectivity index (χ3n) is 2.38. The Bertz CT molecular complexity index is 212. The molecule has 1 fully saturated rings. The molecule has 0 aromatic heterocycles. The van der Waals surface area contributed by atoms with Crippen LogP contribution in [0.15, 0.2) is 0 Å². The molecule has 13 heavy (non-hydrogen) atoms. The number of primary amides is 1. The maximum Gasteiger partial charge on any atom is 0.230 e. The first-order valence-corrected chi connectivity index (χ1v) is 5.89. The highest BCUT2D eigenvalue weighted by atomic mass is 32.2. The number of carbonyl (C=O) groups is 1. The van der Waals surface area contributed by atoms with Crippen LogP contribution in [-0.4, -0.2) is 27.2 Å². The molecule has 4 nitrogen and oxygen atoms in total. The summed E-state index contributed by atoms with van der Waals surface area (Å²) in [7, 11) is -1.08. The van der Waals surface area contributed by atoms with E-state index in [1.54, 1.807) is 0 Å². The van der Waals surface area contributed by atoms with Gasteiger partial charge in [0.15, 0.2) is 0 Å². The number of hydrogen-bond acceptors (Lipinski definition) is 3. The van der Waals surface area contributed by atoms with Gasteiger partial charge in [-0.1, -0.05) is 0 Å². The lowest BCUT2D eigenvalue weighted by atomic mass is 9.96. The Hall–Kier alpha value is -0.420. The van der Waals surface area contributed by atoms with E-state index in [2.05, 4.69) is 0 Å². The molecule has 1 atom stereocenters. The summed E-state index contributed by atoms with van der Waals surface area (Å²) in [5.74, 6) is -0.479. The topological polar surface area (TPSA) is 86.2 Å². The largest absolute Gasteiger partial charge is 0.369 e. The van der Waals surface area contributed by atoms with Crippen molar-refractivity contribution in [2.24, 2.45) is 11.5 Å². The van der Waals surface area contributed by atoms with E-state index in [1.165, 1.54) is 0 Å². The minimum atomic E-state index is -1.08. The zero-order chi connectivity index (χ0) is 9.84. The Morgan fingerprint density at radius 3 is 2.31 bits per heavy atom. The predicted octanol–water partition coefficient (Wildman–Crippen LogP) is -0.510.